The van der Waals surface area contributed by atoms with Crippen LogP contribution < -0.4 is 0 Å². The molecule has 12 nitrogen and oxygen atoms in total. The molecule has 0 aromatic carbocycles. The molecule has 24 heavy (non-hydrogen) atoms. The van der Waals surface area contributed by atoms with Gasteiger partial charge in [-0.3, -0.25) is 13.8 Å². The molecule has 0 saturated heterocycles. The molecule has 0 aromatic rings. The number of aliphatic hydroxyl groups excluding tert-OH is 3. The second kappa shape index (κ2) is 17.6. The van der Waals surface area contributed by atoms with E-state index in [1.165, 1.54) is 0 Å². The maximum atomic E-state index is 11.2. The minimum Gasteiger partial charge on any atom is -0.388 e. The number of carbonyl (C=O) groups excluding carboxylic acids is 1. The minimum absolute atomic E-state index is 0. The summed E-state index contributed by atoms with van der Waals surface area (Å²) in [6.45, 7) is -2.33. The average Bonchev–Trinajstić information content (AvgIpc) is 2.29. The molecule has 0 fully saturated rings. The molecule has 0 aliphatic rings. The standard InChI is InChI=1S/C6H14O12P2.4Na/c7-3(1-17-19(11,12)13)5(9)6(10)4(8)2-18-20(14,15)16;;;;/h3,5-7,9-10H,1-2H2,(H2,11,12,13)(H2,14,15,16);;;;/t3-,5-,6-;;;;/m1..../s1. The van der Waals surface area contributed by atoms with Gasteiger partial charge in [0.25, 0.3) is 0 Å². The first-order valence-electron chi connectivity index (χ1n) is 4.80. The van der Waals surface area contributed by atoms with Gasteiger partial charge >= 0.3 is 15.6 Å². The molecule has 0 aromatic heterocycles. The molecule has 0 saturated carbocycles. The average molecular weight is 432 g/mol. The predicted molar refractivity (Wildman–Crippen MR) is 82.0 cm³/mol. The fourth-order valence-corrected chi connectivity index (χ4v) is 1.55. The van der Waals surface area contributed by atoms with Gasteiger partial charge in [-0.05, 0) is 0 Å². The van der Waals surface area contributed by atoms with Crippen LogP contribution in [0.15, 0.2) is 0 Å². The summed E-state index contributed by atoms with van der Waals surface area (Å²) >= 11 is 0. The van der Waals surface area contributed by atoms with E-state index in [0.717, 1.165) is 0 Å². The van der Waals surface area contributed by atoms with Crippen molar-refractivity contribution in [3.05, 3.63) is 0 Å². The maximum absolute atomic E-state index is 11.2. The van der Waals surface area contributed by atoms with Crippen LogP contribution in [0.3, 0.4) is 0 Å². The van der Waals surface area contributed by atoms with Crippen LogP contribution in [0.5, 0.6) is 0 Å². The molecule has 0 heterocycles. The van der Waals surface area contributed by atoms with E-state index in [9.17, 15) is 29.2 Å². The van der Waals surface area contributed by atoms with Crippen LogP contribution in [0.25, 0.3) is 0 Å². The van der Waals surface area contributed by atoms with Crippen LogP contribution in [0.1, 0.15) is 0 Å². The third kappa shape index (κ3) is 20.5. The van der Waals surface area contributed by atoms with Crippen LogP contribution in [-0.2, 0) is 23.0 Å². The van der Waals surface area contributed by atoms with E-state index in [0.29, 0.717) is 0 Å². The first-order valence-corrected chi connectivity index (χ1v) is 7.86. The van der Waals surface area contributed by atoms with E-state index in [1.54, 1.807) is 0 Å². The Morgan fingerprint density at radius 2 is 1.21 bits per heavy atom. The Balaban J connectivity index is -0.000000301. The van der Waals surface area contributed by atoms with Crippen molar-refractivity contribution in [2.24, 2.45) is 0 Å². The Labute approximate surface area is 225 Å². The number of hydrogen-bond donors (Lipinski definition) is 7. The Morgan fingerprint density at radius 3 is 1.54 bits per heavy atom. The Kier molecular flexibility index (Phi) is 28.2. The number of ketones is 1. The van der Waals surface area contributed by atoms with Crippen molar-refractivity contribution >= 4 is 140 Å². The number of aliphatic hydroxyl groups is 3. The predicted octanol–water partition coefficient (Wildman–Crippen LogP) is -4.67. The molecule has 4 radical (unpaired) electrons. The van der Waals surface area contributed by atoms with Crippen LogP contribution in [-0.4, -0.2) is 190 Å². The molecule has 0 aliphatic carbocycles. The second-order valence-electron chi connectivity index (χ2n) is 3.52. The zero-order valence-electron chi connectivity index (χ0n) is 13.7. The number of phosphoric acid groups is 2. The summed E-state index contributed by atoms with van der Waals surface area (Å²) in [5, 5.41) is 27.7. The summed E-state index contributed by atoms with van der Waals surface area (Å²) in [7, 11) is -9.87. The fraction of sp³-hybridized carbons (Fsp3) is 0.833. The van der Waals surface area contributed by atoms with Gasteiger partial charge in [-0.2, -0.15) is 0 Å². The fourth-order valence-electron chi connectivity index (χ4n) is 0.906. The van der Waals surface area contributed by atoms with Gasteiger partial charge in [0.05, 0.1) is 6.61 Å². The van der Waals surface area contributed by atoms with Crippen molar-refractivity contribution < 1.29 is 57.9 Å². The van der Waals surface area contributed by atoms with E-state index >= 15 is 0 Å². The van der Waals surface area contributed by atoms with Crippen LogP contribution in [0.4, 0.5) is 0 Å². The Bertz CT molecular complexity index is 426. The van der Waals surface area contributed by atoms with Crippen molar-refractivity contribution in [2.75, 3.05) is 13.2 Å². The SMILES string of the molecule is O=C(COP(=O)(O)O)[C@@H](O)[C@H](O)[C@H](O)COP(=O)(O)O.[Na].[Na].[Na].[Na]. The summed E-state index contributed by atoms with van der Waals surface area (Å²) in [5.41, 5.74) is 0. The zero-order chi connectivity index (χ0) is 16.1. The van der Waals surface area contributed by atoms with Crippen molar-refractivity contribution in [1.29, 1.82) is 0 Å². The number of hydrogen-bond acceptors (Lipinski definition) is 8. The summed E-state index contributed by atoms with van der Waals surface area (Å²) in [4.78, 5) is 44.4. The topological polar surface area (TPSA) is 211 Å². The molecule has 7 N–H and O–H groups in total. The van der Waals surface area contributed by atoms with Crippen molar-refractivity contribution in [1.82, 2.24) is 0 Å². The van der Waals surface area contributed by atoms with Gasteiger partial charge in [-0.25, -0.2) is 9.13 Å². The molecule has 3 atom stereocenters. The molecule has 0 aliphatic heterocycles. The molecule has 124 valence electrons. The number of phosphoric ester groups is 2. The smallest absolute Gasteiger partial charge is 0.388 e. The molecular weight excluding hydrogens is 418 g/mol. The van der Waals surface area contributed by atoms with E-state index < -0.39 is 53.0 Å². The summed E-state index contributed by atoms with van der Waals surface area (Å²) in [6.07, 6.45) is -6.53. The van der Waals surface area contributed by atoms with Gasteiger partial charge in [-0.15, -0.1) is 0 Å². The quantitative estimate of drug-likeness (QED) is 0.135. The zero-order valence-corrected chi connectivity index (χ0v) is 23.5. The summed E-state index contributed by atoms with van der Waals surface area (Å²) in [5.74, 6) is -1.36. The van der Waals surface area contributed by atoms with E-state index in [1.807, 2.05) is 0 Å². The van der Waals surface area contributed by atoms with Crippen LogP contribution in [0.2, 0.25) is 0 Å². The van der Waals surface area contributed by atoms with Crippen molar-refractivity contribution in [2.45, 2.75) is 18.3 Å². The first-order chi connectivity index (χ1) is 8.83. The van der Waals surface area contributed by atoms with E-state index in [2.05, 4.69) is 9.05 Å². The Morgan fingerprint density at radius 1 is 0.833 bits per heavy atom. The minimum atomic E-state index is -4.95. The van der Waals surface area contributed by atoms with E-state index in [4.69, 9.17) is 19.6 Å². The van der Waals surface area contributed by atoms with Gasteiger partial charge in [0.1, 0.15) is 24.9 Å². The van der Waals surface area contributed by atoms with Gasteiger partial charge in [0.15, 0.2) is 5.78 Å². The van der Waals surface area contributed by atoms with E-state index in [-0.39, 0.29) is 118 Å². The monoisotopic (exact) mass is 432 g/mol. The second-order valence-corrected chi connectivity index (χ2v) is 6.00. The summed E-state index contributed by atoms with van der Waals surface area (Å²) in [6, 6.07) is 0. The van der Waals surface area contributed by atoms with Gasteiger partial charge in [0, 0.05) is 118 Å². The number of Topliss-reactive ketones (excluding diaryl/α,β-unsaturated/α-hetero) is 1. The molecule has 0 bridgehead atoms. The molecule has 0 amide bonds. The molecule has 18 heteroatoms. The molecule has 0 unspecified atom stereocenters. The molecule has 0 rings (SSSR count). The molecule has 0 spiro atoms. The van der Waals surface area contributed by atoms with Gasteiger partial charge in [-0.1, -0.05) is 0 Å². The third-order valence-corrected chi connectivity index (χ3v) is 2.79. The number of rotatable bonds is 9. The van der Waals surface area contributed by atoms with Crippen molar-refractivity contribution in [3.63, 3.8) is 0 Å². The van der Waals surface area contributed by atoms with Crippen molar-refractivity contribution in [3.8, 4) is 0 Å². The van der Waals surface area contributed by atoms with Crippen LogP contribution >= 0.6 is 15.6 Å². The third-order valence-electron chi connectivity index (χ3n) is 1.84. The van der Waals surface area contributed by atoms with Gasteiger partial charge in [0.2, 0.25) is 0 Å². The maximum Gasteiger partial charge on any atom is 0.470 e. The van der Waals surface area contributed by atoms with Crippen LogP contribution in [0, 0.1) is 0 Å². The molecular formula is C6H14Na4O12P2. The normalized spacial score (nSPS) is 14.6. The number of carbonyl (C=O) groups is 1. The first kappa shape index (κ1) is 38.4. The van der Waals surface area contributed by atoms with Gasteiger partial charge < -0.3 is 34.9 Å². The Hall–Kier alpha value is 3.77. The summed E-state index contributed by atoms with van der Waals surface area (Å²) < 4.78 is 28.2. The largest absolute Gasteiger partial charge is 0.470 e.